The van der Waals surface area contributed by atoms with Crippen molar-refractivity contribution < 1.29 is 18.0 Å². The summed E-state index contributed by atoms with van der Waals surface area (Å²) in [6, 6.07) is 10.8. The lowest BCUT2D eigenvalue weighted by molar-refractivity contribution is -0.137. The van der Waals surface area contributed by atoms with E-state index in [-0.39, 0.29) is 5.56 Å². The maximum atomic E-state index is 12.9. The van der Waals surface area contributed by atoms with E-state index in [0.717, 1.165) is 15.7 Å². The Labute approximate surface area is 187 Å². The number of nitrogens with one attached hydrogen (secondary N) is 1. The van der Waals surface area contributed by atoms with Crippen LogP contribution in [0.4, 0.5) is 18.9 Å². The predicted octanol–water partition coefficient (Wildman–Crippen LogP) is 5.93. The Morgan fingerprint density at radius 1 is 1.13 bits per heavy atom. The summed E-state index contributed by atoms with van der Waals surface area (Å²) < 4.78 is 41.2. The first-order valence-electron chi connectivity index (χ1n) is 8.51. The average molecular weight is 543 g/mol. The molecule has 2 aromatic heterocycles. The van der Waals surface area contributed by atoms with Crippen LogP contribution < -0.4 is 5.32 Å². The highest BCUT2D eigenvalue weighted by Gasteiger charge is 2.30. The fourth-order valence-corrected chi connectivity index (χ4v) is 3.61. The third-order valence-corrected chi connectivity index (χ3v) is 5.40. The number of rotatable bonds is 3. The zero-order chi connectivity index (χ0) is 21.5. The number of carbonyl (C=O) groups is 1. The highest BCUT2D eigenvalue weighted by atomic mass is 127. The topological polar surface area (TPSA) is 59.3 Å². The molecule has 0 spiro atoms. The molecule has 10 heteroatoms. The second kappa shape index (κ2) is 7.88. The highest BCUT2D eigenvalue weighted by Crippen LogP contribution is 2.32. The zero-order valence-corrected chi connectivity index (χ0v) is 17.8. The van der Waals surface area contributed by atoms with E-state index in [1.807, 2.05) is 0 Å². The predicted molar refractivity (Wildman–Crippen MR) is 116 cm³/mol. The quantitative estimate of drug-likeness (QED) is 0.327. The lowest BCUT2D eigenvalue weighted by Gasteiger charge is -2.12. The van der Waals surface area contributed by atoms with Gasteiger partial charge in [0.15, 0.2) is 5.65 Å². The molecule has 0 fully saturated rings. The minimum Gasteiger partial charge on any atom is -0.322 e. The van der Waals surface area contributed by atoms with Crippen molar-refractivity contribution in [3.63, 3.8) is 0 Å². The number of anilines is 1. The van der Waals surface area contributed by atoms with Gasteiger partial charge in [-0.05, 0) is 65.1 Å². The summed E-state index contributed by atoms with van der Waals surface area (Å²) in [7, 11) is 0. The second-order valence-corrected chi connectivity index (χ2v) is 7.85. The van der Waals surface area contributed by atoms with Gasteiger partial charge >= 0.3 is 6.18 Å². The minimum atomic E-state index is -4.53. The standard InChI is InChI=1S/C20H11ClF3IN4O/c21-15-5-4-13(28-19(30)11-2-1-3-12(8-11)20(22,23)24)9-14(15)17-6-7-26-18-16(25)10-27-29(17)18/h1-10H,(H,28,30). The van der Waals surface area contributed by atoms with Crippen molar-refractivity contribution in [2.45, 2.75) is 6.18 Å². The Hall–Kier alpha value is -2.66. The van der Waals surface area contributed by atoms with Gasteiger partial charge in [0, 0.05) is 23.0 Å². The molecule has 0 aliphatic heterocycles. The van der Waals surface area contributed by atoms with Crippen molar-refractivity contribution in [2.75, 3.05) is 5.32 Å². The number of benzene rings is 2. The van der Waals surface area contributed by atoms with Gasteiger partial charge in [0.1, 0.15) is 0 Å². The largest absolute Gasteiger partial charge is 0.416 e. The first-order valence-corrected chi connectivity index (χ1v) is 9.96. The van der Waals surface area contributed by atoms with Crippen LogP contribution in [-0.2, 0) is 6.18 Å². The first-order chi connectivity index (χ1) is 14.2. The van der Waals surface area contributed by atoms with Crippen LogP contribution in [0.1, 0.15) is 15.9 Å². The van der Waals surface area contributed by atoms with E-state index in [4.69, 9.17) is 11.6 Å². The molecule has 0 aliphatic rings. The number of hydrogen-bond donors (Lipinski definition) is 1. The molecule has 0 unspecified atom stereocenters. The van der Waals surface area contributed by atoms with Gasteiger partial charge < -0.3 is 5.32 Å². The van der Waals surface area contributed by atoms with E-state index < -0.39 is 17.6 Å². The second-order valence-electron chi connectivity index (χ2n) is 6.29. The van der Waals surface area contributed by atoms with Crippen molar-refractivity contribution >= 4 is 51.4 Å². The summed E-state index contributed by atoms with van der Waals surface area (Å²) in [5.41, 5.74) is 1.29. The number of carbonyl (C=O) groups excluding carboxylic acids is 1. The molecule has 0 radical (unpaired) electrons. The van der Waals surface area contributed by atoms with Gasteiger partial charge in [0.25, 0.3) is 5.91 Å². The molecule has 1 N–H and O–H groups in total. The number of hydrogen-bond acceptors (Lipinski definition) is 3. The molecule has 4 rings (SSSR count). The van der Waals surface area contributed by atoms with E-state index >= 15 is 0 Å². The normalized spacial score (nSPS) is 11.6. The molecular weight excluding hydrogens is 532 g/mol. The Bertz CT molecular complexity index is 1270. The number of aromatic nitrogens is 3. The van der Waals surface area contributed by atoms with Crippen LogP contribution in [0.2, 0.25) is 5.02 Å². The van der Waals surface area contributed by atoms with Crippen LogP contribution in [0.3, 0.4) is 0 Å². The summed E-state index contributed by atoms with van der Waals surface area (Å²) in [5.74, 6) is -0.664. The maximum Gasteiger partial charge on any atom is 0.416 e. The number of nitrogens with zero attached hydrogens (tertiary/aromatic N) is 3. The third-order valence-electron chi connectivity index (χ3n) is 4.31. The Morgan fingerprint density at radius 2 is 1.93 bits per heavy atom. The van der Waals surface area contributed by atoms with Crippen molar-refractivity contribution in [3.8, 4) is 11.3 Å². The smallest absolute Gasteiger partial charge is 0.322 e. The Morgan fingerprint density at radius 3 is 2.70 bits per heavy atom. The van der Waals surface area contributed by atoms with Gasteiger partial charge in [-0.25, -0.2) is 9.50 Å². The minimum absolute atomic E-state index is 0.103. The van der Waals surface area contributed by atoms with Crippen molar-refractivity contribution in [1.82, 2.24) is 14.6 Å². The SMILES string of the molecule is O=C(Nc1ccc(Cl)c(-c2ccnc3c(I)cnn23)c1)c1cccc(C(F)(F)F)c1. The third kappa shape index (κ3) is 3.99. The van der Waals surface area contributed by atoms with E-state index in [1.165, 1.54) is 12.1 Å². The Balaban J connectivity index is 1.68. The molecule has 0 saturated carbocycles. The molecule has 5 nitrogen and oxygen atoms in total. The molecule has 152 valence electrons. The molecule has 0 bridgehead atoms. The van der Waals surface area contributed by atoms with E-state index in [0.29, 0.717) is 27.6 Å². The number of halogens is 5. The highest BCUT2D eigenvalue weighted by molar-refractivity contribution is 14.1. The fraction of sp³-hybridized carbons (Fsp3) is 0.0500. The maximum absolute atomic E-state index is 12.9. The van der Waals surface area contributed by atoms with Crippen LogP contribution in [0, 0.1) is 3.57 Å². The summed E-state index contributed by atoms with van der Waals surface area (Å²) in [6.45, 7) is 0. The van der Waals surface area contributed by atoms with Crippen LogP contribution in [0.15, 0.2) is 60.9 Å². The van der Waals surface area contributed by atoms with E-state index in [9.17, 15) is 18.0 Å². The fourth-order valence-electron chi connectivity index (χ4n) is 2.91. The summed E-state index contributed by atoms with van der Waals surface area (Å²) in [6.07, 6.45) is -1.24. The number of fused-ring (bicyclic) bond motifs is 1. The van der Waals surface area contributed by atoms with Crippen LogP contribution >= 0.6 is 34.2 Å². The molecule has 4 aromatic rings. The monoisotopic (exact) mass is 542 g/mol. The lowest BCUT2D eigenvalue weighted by atomic mass is 10.1. The average Bonchev–Trinajstić information content (AvgIpc) is 3.10. The Kier molecular flexibility index (Phi) is 5.41. The van der Waals surface area contributed by atoms with Gasteiger partial charge in [-0.1, -0.05) is 17.7 Å². The summed E-state index contributed by atoms with van der Waals surface area (Å²) in [4.78, 5) is 16.8. The summed E-state index contributed by atoms with van der Waals surface area (Å²) in [5, 5.41) is 7.34. The van der Waals surface area contributed by atoms with Gasteiger partial charge in [-0.2, -0.15) is 18.3 Å². The molecule has 0 saturated heterocycles. The van der Waals surface area contributed by atoms with E-state index in [1.54, 1.807) is 41.2 Å². The molecule has 2 aromatic carbocycles. The van der Waals surface area contributed by atoms with Crippen LogP contribution in [0.25, 0.3) is 16.9 Å². The lowest BCUT2D eigenvalue weighted by Crippen LogP contribution is -2.14. The molecular formula is C20H11ClF3IN4O. The van der Waals surface area contributed by atoms with E-state index in [2.05, 4.69) is 38.0 Å². The molecule has 1 amide bonds. The van der Waals surface area contributed by atoms with Crippen LogP contribution in [-0.4, -0.2) is 20.5 Å². The number of alkyl halides is 3. The van der Waals surface area contributed by atoms with Gasteiger partial charge in [-0.15, -0.1) is 0 Å². The van der Waals surface area contributed by atoms with Gasteiger partial charge in [0.2, 0.25) is 0 Å². The van der Waals surface area contributed by atoms with Gasteiger partial charge in [0.05, 0.1) is 26.0 Å². The van der Waals surface area contributed by atoms with Crippen molar-refractivity contribution in [2.24, 2.45) is 0 Å². The summed E-state index contributed by atoms with van der Waals surface area (Å²) >= 11 is 8.48. The first kappa shape index (κ1) is 20.6. The van der Waals surface area contributed by atoms with Crippen molar-refractivity contribution in [1.29, 1.82) is 0 Å². The molecule has 0 atom stereocenters. The number of amides is 1. The molecule has 2 heterocycles. The molecule has 30 heavy (non-hydrogen) atoms. The van der Waals surface area contributed by atoms with Crippen LogP contribution in [0.5, 0.6) is 0 Å². The van der Waals surface area contributed by atoms with Crippen molar-refractivity contribution in [3.05, 3.63) is 80.6 Å². The zero-order valence-electron chi connectivity index (χ0n) is 14.9. The molecule has 0 aliphatic carbocycles. The van der Waals surface area contributed by atoms with Gasteiger partial charge in [-0.3, -0.25) is 4.79 Å².